The Kier molecular flexibility index (Phi) is 6.41. The molecule has 25 heavy (non-hydrogen) atoms. The van der Waals surface area contributed by atoms with Crippen LogP contribution in [0, 0.1) is 6.92 Å². The normalized spacial score (nSPS) is 11.0. The summed E-state index contributed by atoms with van der Waals surface area (Å²) in [6.45, 7) is 2.56. The van der Waals surface area contributed by atoms with E-state index in [0.717, 1.165) is 15.2 Å². The third-order valence-corrected chi connectivity index (χ3v) is 4.59. The van der Waals surface area contributed by atoms with E-state index in [2.05, 4.69) is 29.6 Å². The van der Waals surface area contributed by atoms with Gasteiger partial charge in [-0.25, -0.2) is 4.79 Å². The van der Waals surface area contributed by atoms with Crippen molar-refractivity contribution in [2.75, 3.05) is 12.3 Å². The van der Waals surface area contributed by atoms with Crippen molar-refractivity contribution in [3.8, 4) is 0 Å². The average Bonchev–Trinajstić information content (AvgIpc) is 2.60. The van der Waals surface area contributed by atoms with Crippen LogP contribution in [-0.2, 0) is 18.9 Å². The van der Waals surface area contributed by atoms with Gasteiger partial charge in [-0.3, -0.25) is 14.2 Å². The van der Waals surface area contributed by atoms with Gasteiger partial charge in [0, 0.05) is 43.6 Å². The molecule has 2 rings (SSSR count). The first-order valence-corrected chi connectivity index (χ1v) is 8.79. The van der Waals surface area contributed by atoms with Crippen LogP contribution in [0.5, 0.6) is 0 Å². The monoisotopic (exact) mass is 359 g/mol. The maximum absolute atomic E-state index is 12.0. The molecule has 7 heteroatoms. The highest BCUT2D eigenvalue weighted by molar-refractivity contribution is 7.99. The zero-order chi connectivity index (χ0) is 18.4. The molecule has 0 saturated carbocycles. The van der Waals surface area contributed by atoms with Crippen molar-refractivity contribution >= 4 is 23.7 Å². The van der Waals surface area contributed by atoms with Gasteiger partial charge in [0.05, 0.1) is 5.56 Å². The Morgan fingerprint density at radius 1 is 1.20 bits per heavy atom. The molecule has 1 heterocycles. The minimum Gasteiger partial charge on any atom is -0.352 e. The van der Waals surface area contributed by atoms with Gasteiger partial charge in [0.2, 0.25) is 5.91 Å². The van der Waals surface area contributed by atoms with E-state index in [4.69, 9.17) is 0 Å². The van der Waals surface area contributed by atoms with Crippen LogP contribution < -0.4 is 16.6 Å². The molecule has 0 aliphatic heterocycles. The van der Waals surface area contributed by atoms with Crippen molar-refractivity contribution in [3.63, 3.8) is 0 Å². The van der Waals surface area contributed by atoms with Crippen LogP contribution in [0.3, 0.4) is 0 Å². The zero-order valence-corrected chi connectivity index (χ0v) is 15.3. The van der Waals surface area contributed by atoms with Crippen molar-refractivity contribution in [1.29, 1.82) is 0 Å². The lowest BCUT2D eigenvalue weighted by Gasteiger charge is -2.04. The van der Waals surface area contributed by atoms with Gasteiger partial charge in [-0.05, 0) is 25.1 Å². The first kappa shape index (κ1) is 18.8. The number of amides is 1. The van der Waals surface area contributed by atoms with Crippen LogP contribution in [0.4, 0.5) is 0 Å². The number of nitrogens with one attached hydrogen (secondary N) is 1. The van der Waals surface area contributed by atoms with Crippen molar-refractivity contribution in [3.05, 3.63) is 68.5 Å². The Morgan fingerprint density at radius 2 is 1.88 bits per heavy atom. The van der Waals surface area contributed by atoms with Crippen molar-refractivity contribution in [2.24, 2.45) is 14.1 Å². The van der Waals surface area contributed by atoms with E-state index in [1.807, 2.05) is 6.92 Å². The molecule has 0 saturated heterocycles. The van der Waals surface area contributed by atoms with Crippen molar-refractivity contribution in [1.82, 2.24) is 14.5 Å². The summed E-state index contributed by atoms with van der Waals surface area (Å²) in [5.41, 5.74) is 0.669. The van der Waals surface area contributed by atoms with Gasteiger partial charge < -0.3 is 9.88 Å². The van der Waals surface area contributed by atoms with E-state index >= 15 is 0 Å². The molecule has 132 valence electrons. The van der Waals surface area contributed by atoms with Gasteiger partial charge >= 0.3 is 5.69 Å². The highest BCUT2D eigenvalue weighted by Gasteiger charge is 2.04. The summed E-state index contributed by atoms with van der Waals surface area (Å²) in [4.78, 5) is 36.6. The molecule has 1 aromatic heterocycles. The summed E-state index contributed by atoms with van der Waals surface area (Å²) in [6.07, 6.45) is 4.14. The number of aromatic nitrogens is 2. The largest absolute Gasteiger partial charge is 0.352 e. The Bertz CT molecular complexity index is 895. The maximum Gasteiger partial charge on any atom is 0.330 e. The fourth-order valence-electron chi connectivity index (χ4n) is 2.15. The summed E-state index contributed by atoms with van der Waals surface area (Å²) in [5.74, 6) is 0.477. The summed E-state index contributed by atoms with van der Waals surface area (Å²) in [5, 5.41) is 2.77. The topological polar surface area (TPSA) is 73.1 Å². The van der Waals surface area contributed by atoms with Crippen LogP contribution in [0.25, 0.3) is 6.08 Å². The molecule has 0 bridgehead atoms. The number of aryl methyl sites for hydroxylation is 2. The molecular weight excluding hydrogens is 338 g/mol. The smallest absolute Gasteiger partial charge is 0.330 e. The summed E-state index contributed by atoms with van der Waals surface area (Å²) >= 11 is 1.66. The maximum atomic E-state index is 12.0. The summed E-state index contributed by atoms with van der Waals surface area (Å²) in [7, 11) is 2.96. The molecule has 0 aliphatic rings. The molecule has 1 N–H and O–H groups in total. The first-order valence-electron chi connectivity index (χ1n) is 7.80. The number of rotatable bonds is 6. The molecule has 0 unspecified atom stereocenters. The predicted molar refractivity (Wildman–Crippen MR) is 101 cm³/mol. The van der Waals surface area contributed by atoms with Gasteiger partial charge in [-0.2, -0.15) is 0 Å². The first-order chi connectivity index (χ1) is 11.9. The average molecular weight is 359 g/mol. The molecule has 1 amide bonds. The van der Waals surface area contributed by atoms with Crippen molar-refractivity contribution in [2.45, 2.75) is 11.8 Å². The number of benzene rings is 1. The number of hydrogen-bond acceptors (Lipinski definition) is 4. The third-order valence-electron chi connectivity index (χ3n) is 3.58. The quantitative estimate of drug-likeness (QED) is 0.480. The molecule has 0 aliphatic carbocycles. The highest BCUT2D eigenvalue weighted by atomic mass is 32.2. The minimum absolute atomic E-state index is 0.277. The number of carbonyl (C=O) groups is 1. The van der Waals surface area contributed by atoms with Crippen LogP contribution in [-0.4, -0.2) is 27.3 Å². The van der Waals surface area contributed by atoms with Crippen molar-refractivity contribution < 1.29 is 4.79 Å². The van der Waals surface area contributed by atoms with Gasteiger partial charge in [0.1, 0.15) is 0 Å². The van der Waals surface area contributed by atoms with Crippen LogP contribution in [0.2, 0.25) is 0 Å². The van der Waals surface area contributed by atoms with Gasteiger partial charge in [-0.15, -0.1) is 11.8 Å². The highest BCUT2D eigenvalue weighted by Crippen LogP contribution is 2.17. The van der Waals surface area contributed by atoms with E-state index in [1.54, 1.807) is 18.8 Å². The van der Waals surface area contributed by atoms with Gasteiger partial charge in [-0.1, -0.05) is 17.7 Å². The Balaban J connectivity index is 1.86. The Hall–Kier alpha value is -2.54. The number of nitrogens with zero attached hydrogens (tertiary/aromatic N) is 2. The second-order valence-electron chi connectivity index (χ2n) is 5.63. The Labute approximate surface area is 150 Å². The van der Waals surface area contributed by atoms with E-state index in [1.165, 1.54) is 35.5 Å². The lowest BCUT2D eigenvalue weighted by molar-refractivity contribution is -0.116. The number of hydrogen-bond donors (Lipinski definition) is 1. The third kappa shape index (κ3) is 5.22. The lowest BCUT2D eigenvalue weighted by atomic mass is 10.2. The molecule has 1 aromatic carbocycles. The molecular formula is C18H21N3O3S. The van der Waals surface area contributed by atoms with E-state index in [-0.39, 0.29) is 11.5 Å². The second kappa shape index (κ2) is 8.53. The molecule has 0 spiro atoms. The molecule has 6 nitrogen and oxygen atoms in total. The molecule has 2 aromatic rings. The lowest BCUT2D eigenvalue weighted by Crippen LogP contribution is -2.37. The van der Waals surface area contributed by atoms with E-state index in [9.17, 15) is 14.4 Å². The van der Waals surface area contributed by atoms with Crippen LogP contribution in [0.15, 0.2) is 51.0 Å². The van der Waals surface area contributed by atoms with Gasteiger partial charge in [0.15, 0.2) is 0 Å². The fraction of sp³-hybridized carbons (Fsp3) is 0.278. The number of carbonyl (C=O) groups excluding carboxylic acids is 1. The minimum atomic E-state index is -0.429. The Morgan fingerprint density at radius 3 is 2.56 bits per heavy atom. The molecule has 0 atom stereocenters. The van der Waals surface area contributed by atoms with Crippen LogP contribution in [0.1, 0.15) is 11.1 Å². The fourth-order valence-corrected chi connectivity index (χ4v) is 2.92. The van der Waals surface area contributed by atoms with E-state index < -0.39 is 11.2 Å². The second-order valence-corrected chi connectivity index (χ2v) is 6.80. The molecule has 0 fully saturated rings. The predicted octanol–water partition coefficient (Wildman–Crippen LogP) is 1.31. The standard InChI is InChI=1S/C18H21N3O3S/c1-13-4-7-15(8-5-13)25-11-10-19-16(22)9-6-14-12-20(2)18(24)21(3)17(14)23/h4-9,12H,10-11H2,1-3H3,(H,19,22)/b9-6+. The van der Waals surface area contributed by atoms with E-state index in [0.29, 0.717) is 6.54 Å². The number of thioether (sulfide) groups is 1. The summed E-state index contributed by atoms with van der Waals surface area (Å²) in [6, 6.07) is 8.21. The zero-order valence-electron chi connectivity index (χ0n) is 14.5. The van der Waals surface area contributed by atoms with Gasteiger partial charge in [0.25, 0.3) is 5.56 Å². The molecule has 0 radical (unpaired) electrons. The summed E-state index contributed by atoms with van der Waals surface area (Å²) < 4.78 is 2.31. The SMILES string of the molecule is Cc1ccc(SCCNC(=O)/C=C/c2cn(C)c(=O)n(C)c2=O)cc1. The van der Waals surface area contributed by atoms with Crippen LogP contribution >= 0.6 is 11.8 Å².